The maximum absolute atomic E-state index is 12.2. The molecule has 1 fully saturated rings. The van der Waals surface area contributed by atoms with E-state index in [0.29, 0.717) is 5.92 Å². The second-order valence-corrected chi connectivity index (χ2v) is 5.79. The maximum atomic E-state index is 12.2. The Morgan fingerprint density at radius 2 is 1.89 bits per heavy atom. The molecule has 1 aliphatic rings. The van der Waals surface area contributed by atoms with Crippen LogP contribution >= 0.6 is 15.9 Å². The van der Waals surface area contributed by atoms with Crippen LogP contribution in [0.4, 0.5) is 0 Å². The van der Waals surface area contributed by atoms with E-state index < -0.39 is 0 Å². The van der Waals surface area contributed by atoms with E-state index in [0.717, 1.165) is 36.0 Å². The van der Waals surface area contributed by atoms with Crippen LogP contribution in [0.2, 0.25) is 0 Å². The highest BCUT2D eigenvalue weighted by Gasteiger charge is 2.25. The molecule has 1 N–H and O–H groups in total. The van der Waals surface area contributed by atoms with E-state index in [1.807, 2.05) is 36.1 Å². The molecule has 1 saturated heterocycles. The number of piperidine rings is 1. The Morgan fingerprint density at radius 3 is 2.39 bits per heavy atom. The second-order valence-electron chi connectivity index (χ2n) is 4.88. The highest BCUT2D eigenvalue weighted by atomic mass is 79.9. The number of aliphatic hydroxyl groups is 1. The topological polar surface area (TPSA) is 40.5 Å². The van der Waals surface area contributed by atoms with E-state index in [1.54, 1.807) is 0 Å². The zero-order valence-corrected chi connectivity index (χ0v) is 12.1. The van der Waals surface area contributed by atoms with Crippen molar-refractivity contribution in [1.82, 2.24) is 4.90 Å². The van der Waals surface area contributed by atoms with Gasteiger partial charge < -0.3 is 10.0 Å². The molecule has 0 aliphatic carbocycles. The molecule has 0 bridgehead atoms. The van der Waals surface area contributed by atoms with E-state index in [4.69, 9.17) is 0 Å². The average molecular weight is 312 g/mol. The SMILES string of the molecule is CC(O)C1CCN(C(=O)c2ccc(Br)cc2)CC1. The van der Waals surface area contributed by atoms with Crippen molar-refractivity contribution in [1.29, 1.82) is 0 Å². The van der Waals surface area contributed by atoms with Gasteiger partial charge in [0.1, 0.15) is 0 Å². The standard InChI is InChI=1S/C14H18BrNO2/c1-10(17)11-6-8-16(9-7-11)14(18)12-2-4-13(15)5-3-12/h2-5,10-11,17H,6-9H2,1H3. The van der Waals surface area contributed by atoms with Gasteiger partial charge in [-0.15, -0.1) is 0 Å². The molecule has 1 heterocycles. The number of rotatable bonds is 2. The fraction of sp³-hybridized carbons (Fsp3) is 0.500. The summed E-state index contributed by atoms with van der Waals surface area (Å²) in [4.78, 5) is 14.1. The molecule has 18 heavy (non-hydrogen) atoms. The fourth-order valence-corrected chi connectivity index (χ4v) is 2.62. The Bertz CT molecular complexity index is 408. The zero-order chi connectivity index (χ0) is 13.1. The van der Waals surface area contributed by atoms with Gasteiger partial charge in [-0.25, -0.2) is 0 Å². The highest BCUT2D eigenvalue weighted by Crippen LogP contribution is 2.22. The Hall–Kier alpha value is -0.870. The first-order chi connectivity index (χ1) is 8.58. The summed E-state index contributed by atoms with van der Waals surface area (Å²) in [6, 6.07) is 7.45. The van der Waals surface area contributed by atoms with Crippen molar-refractivity contribution in [3.05, 3.63) is 34.3 Å². The molecule has 0 saturated carbocycles. The van der Waals surface area contributed by atoms with Gasteiger partial charge in [-0.3, -0.25) is 4.79 Å². The first-order valence-electron chi connectivity index (χ1n) is 6.31. The minimum absolute atomic E-state index is 0.0894. The summed E-state index contributed by atoms with van der Waals surface area (Å²) >= 11 is 3.36. The molecule has 1 aromatic rings. The summed E-state index contributed by atoms with van der Waals surface area (Å²) in [6.45, 7) is 3.31. The van der Waals surface area contributed by atoms with Gasteiger partial charge in [0.05, 0.1) is 6.10 Å². The Kier molecular flexibility index (Phi) is 4.40. The van der Waals surface area contributed by atoms with Crippen LogP contribution in [0, 0.1) is 5.92 Å². The molecule has 0 aromatic heterocycles. The lowest BCUT2D eigenvalue weighted by atomic mass is 9.92. The number of carbonyl (C=O) groups is 1. The van der Waals surface area contributed by atoms with Crippen molar-refractivity contribution < 1.29 is 9.90 Å². The third kappa shape index (κ3) is 3.12. The first-order valence-corrected chi connectivity index (χ1v) is 7.10. The zero-order valence-electron chi connectivity index (χ0n) is 10.5. The molecule has 1 aromatic carbocycles. The van der Waals surface area contributed by atoms with Crippen molar-refractivity contribution in [3.8, 4) is 0 Å². The van der Waals surface area contributed by atoms with Crippen molar-refractivity contribution in [2.24, 2.45) is 5.92 Å². The van der Waals surface area contributed by atoms with Crippen LogP contribution in [0.5, 0.6) is 0 Å². The molecule has 0 spiro atoms. The van der Waals surface area contributed by atoms with E-state index >= 15 is 0 Å². The van der Waals surface area contributed by atoms with Gasteiger partial charge in [-0.1, -0.05) is 15.9 Å². The number of nitrogens with zero attached hydrogens (tertiary/aromatic N) is 1. The predicted octanol–water partition coefficient (Wildman–Crippen LogP) is 2.68. The Morgan fingerprint density at radius 1 is 1.33 bits per heavy atom. The largest absolute Gasteiger partial charge is 0.393 e. The van der Waals surface area contributed by atoms with E-state index in [2.05, 4.69) is 15.9 Å². The first kappa shape index (κ1) is 13.6. The van der Waals surface area contributed by atoms with Crippen LogP contribution in [0.3, 0.4) is 0 Å². The number of aliphatic hydroxyl groups excluding tert-OH is 1. The van der Waals surface area contributed by atoms with E-state index in [9.17, 15) is 9.90 Å². The lowest BCUT2D eigenvalue weighted by molar-refractivity contribution is 0.0521. The number of likely N-dealkylation sites (tertiary alicyclic amines) is 1. The molecule has 1 aliphatic heterocycles. The molecule has 3 nitrogen and oxygen atoms in total. The summed E-state index contributed by atoms with van der Waals surface area (Å²) in [5, 5.41) is 9.54. The molecule has 98 valence electrons. The van der Waals surface area contributed by atoms with Gasteiger partial charge >= 0.3 is 0 Å². The molecule has 2 rings (SSSR count). The van der Waals surface area contributed by atoms with Crippen LogP contribution in [0.25, 0.3) is 0 Å². The quantitative estimate of drug-likeness (QED) is 0.912. The molecular formula is C14H18BrNO2. The molecule has 1 amide bonds. The predicted molar refractivity (Wildman–Crippen MR) is 74.5 cm³/mol. The lowest BCUT2D eigenvalue weighted by Crippen LogP contribution is -2.40. The Balaban J connectivity index is 1.97. The maximum Gasteiger partial charge on any atom is 0.253 e. The smallest absolute Gasteiger partial charge is 0.253 e. The van der Waals surface area contributed by atoms with Crippen LogP contribution in [-0.2, 0) is 0 Å². The van der Waals surface area contributed by atoms with Gasteiger partial charge in [0.25, 0.3) is 5.91 Å². The van der Waals surface area contributed by atoms with Crippen molar-refractivity contribution >= 4 is 21.8 Å². The number of carbonyl (C=O) groups excluding carboxylic acids is 1. The van der Waals surface area contributed by atoms with Crippen LogP contribution in [-0.4, -0.2) is 35.1 Å². The molecule has 1 unspecified atom stereocenters. The number of hydrogen-bond donors (Lipinski definition) is 1. The van der Waals surface area contributed by atoms with Crippen LogP contribution in [0.15, 0.2) is 28.7 Å². The number of benzene rings is 1. The van der Waals surface area contributed by atoms with Gasteiger partial charge in [0.2, 0.25) is 0 Å². The van der Waals surface area contributed by atoms with E-state index in [1.165, 1.54) is 0 Å². The minimum atomic E-state index is -0.269. The molecule has 4 heteroatoms. The normalized spacial score (nSPS) is 18.7. The Labute approximate surface area is 116 Å². The lowest BCUT2D eigenvalue weighted by Gasteiger charge is -2.33. The van der Waals surface area contributed by atoms with Crippen molar-refractivity contribution in [3.63, 3.8) is 0 Å². The van der Waals surface area contributed by atoms with Crippen molar-refractivity contribution in [2.75, 3.05) is 13.1 Å². The third-order valence-electron chi connectivity index (χ3n) is 3.60. The third-order valence-corrected chi connectivity index (χ3v) is 4.13. The summed E-state index contributed by atoms with van der Waals surface area (Å²) in [5.41, 5.74) is 0.730. The minimum Gasteiger partial charge on any atom is -0.393 e. The summed E-state index contributed by atoms with van der Waals surface area (Å²) in [5.74, 6) is 0.422. The number of amides is 1. The number of halogens is 1. The fourth-order valence-electron chi connectivity index (χ4n) is 2.36. The summed E-state index contributed by atoms with van der Waals surface area (Å²) in [7, 11) is 0. The van der Waals surface area contributed by atoms with Crippen LogP contribution in [0.1, 0.15) is 30.1 Å². The average Bonchev–Trinajstić information content (AvgIpc) is 2.39. The number of hydrogen-bond acceptors (Lipinski definition) is 2. The summed E-state index contributed by atoms with van der Waals surface area (Å²) in [6.07, 6.45) is 1.51. The molecule has 1 atom stereocenters. The molecule has 0 radical (unpaired) electrons. The van der Waals surface area contributed by atoms with Crippen molar-refractivity contribution in [2.45, 2.75) is 25.9 Å². The van der Waals surface area contributed by atoms with Gasteiger partial charge in [-0.05, 0) is 49.9 Å². The van der Waals surface area contributed by atoms with Gasteiger partial charge in [0.15, 0.2) is 0 Å². The van der Waals surface area contributed by atoms with E-state index in [-0.39, 0.29) is 12.0 Å². The van der Waals surface area contributed by atoms with Gasteiger partial charge in [-0.2, -0.15) is 0 Å². The monoisotopic (exact) mass is 311 g/mol. The molecular weight excluding hydrogens is 294 g/mol. The van der Waals surface area contributed by atoms with Gasteiger partial charge in [0, 0.05) is 23.1 Å². The van der Waals surface area contributed by atoms with Crippen LogP contribution < -0.4 is 0 Å². The highest BCUT2D eigenvalue weighted by molar-refractivity contribution is 9.10. The summed E-state index contributed by atoms with van der Waals surface area (Å²) < 4.78 is 0.979. The second kappa shape index (κ2) is 5.85.